The van der Waals surface area contributed by atoms with Crippen LogP contribution in [0, 0.1) is 0 Å². The molecule has 2 amide bonds. The quantitative estimate of drug-likeness (QED) is 0.799. The van der Waals surface area contributed by atoms with Gasteiger partial charge in [-0.1, -0.05) is 17.7 Å². The van der Waals surface area contributed by atoms with Crippen LogP contribution in [0.25, 0.3) is 0 Å². The van der Waals surface area contributed by atoms with E-state index in [0.717, 1.165) is 23.6 Å². The maximum atomic E-state index is 12.4. The summed E-state index contributed by atoms with van der Waals surface area (Å²) < 4.78 is 10.7. The lowest BCUT2D eigenvalue weighted by molar-refractivity contribution is -0.144. The number of benzene rings is 2. The number of halogens is 1. The van der Waals surface area contributed by atoms with Gasteiger partial charge in [-0.05, 0) is 42.0 Å². The summed E-state index contributed by atoms with van der Waals surface area (Å²) in [5.41, 5.74) is 1.67. The first kappa shape index (κ1) is 18.6. The third kappa shape index (κ3) is 4.21. The van der Waals surface area contributed by atoms with E-state index in [-0.39, 0.29) is 6.79 Å². The fourth-order valence-corrected chi connectivity index (χ4v) is 3.39. The average Bonchev–Trinajstić information content (AvgIpc) is 3.17. The molecular weight excluding hydrogens is 382 g/mol. The van der Waals surface area contributed by atoms with Crippen LogP contribution in [-0.2, 0) is 16.1 Å². The number of amides is 2. The molecule has 0 saturated carbocycles. The molecule has 0 spiro atoms. The van der Waals surface area contributed by atoms with Crippen molar-refractivity contribution in [2.45, 2.75) is 6.54 Å². The van der Waals surface area contributed by atoms with Crippen molar-refractivity contribution >= 4 is 29.1 Å². The lowest BCUT2D eigenvalue weighted by Crippen LogP contribution is -2.51. The Labute approximate surface area is 167 Å². The van der Waals surface area contributed by atoms with Gasteiger partial charge in [0.1, 0.15) is 0 Å². The van der Waals surface area contributed by atoms with E-state index in [1.807, 2.05) is 18.2 Å². The number of carbonyl (C=O) groups excluding carboxylic acids is 2. The molecule has 0 aliphatic carbocycles. The van der Waals surface area contributed by atoms with Crippen LogP contribution in [0.4, 0.5) is 5.69 Å². The number of ether oxygens (including phenoxy) is 2. The second kappa shape index (κ2) is 8.08. The minimum Gasteiger partial charge on any atom is -0.454 e. The summed E-state index contributed by atoms with van der Waals surface area (Å²) in [6, 6.07) is 12.6. The molecule has 2 aliphatic rings. The number of nitrogens with one attached hydrogen (secondary N) is 1. The lowest BCUT2D eigenvalue weighted by atomic mass is 10.1. The lowest BCUT2D eigenvalue weighted by Gasteiger charge is -2.34. The minimum absolute atomic E-state index is 0.262. The summed E-state index contributed by atoms with van der Waals surface area (Å²) in [4.78, 5) is 28.4. The van der Waals surface area contributed by atoms with Crippen molar-refractivity contribution in [3.8, 4) is 11.5 Å². The molecule has 0 atom stereocenters. The first-order chi connectivity index (χ1) is 13.6. The molecule has 0 aromatic heterocycles. The van der Waals surface area contributed by atoms with Crippen LogP contribution in [0.5, 0.6) is 11.5 Å². The van der Waals surface area contributed by atoms with E-state index in [2.05, 4.69) is 10.2 Å². The Balaban J connectivity index is 1.28. The van der Waals surface area contributed by atoms with Crippen LogP contribution in [0.2, 0.25) is 5.02 Å². The Bertz CT molecular complexity index is 880. The Hall–Kier alpha value is -2.77. The minimum atomic E-state index is -0.633. The monoisotopic (exact) mass is 401 g/mol. The van der Waals surface area contributed by atoms with Crippen molar-refractivity contribution in [3.05, 3.63) is 53.1 Å². The molecule has 0 bridgehead atoms. The highest BCUT2D eigenvalue weighted by atomic mass is 35.5. The van der Waals surface area contributed by atoms with Crippen molar-refractivity contribution in [2.75, 3.05) is 38.3 Å². The Morgan fingerprint density at radius 1 is 0.964 bits per heavy atom. The molecule has 28 heavy (non-hydrogen) atoms. The van der Waals surface area contributed by atoms with Crippen LogP contribution in [0.15, 0.2) is 42.5 Å². The van der Waals surface area contributed by atoms with Crippen LogP contribution >= 0.6 is 11.6 Å². The molecule has 146 valence electrons. The van der Waals surface area contributed by atoms with Gasteiger partial charge in [-0.3, -0.25) is 14.5 Å². The summed E-state index contributed by atoms with van der Waals surface area (Å²) in [6.45, 7) is 3.45. The number of piperazine rings is 1. The molecule has 2 aromatic carbocycles. The van der Waals surface area contributed by atoms with Gasteiger partial charge in [0.05, 0.1) is 0 Å². The third-order valence-electron chi connectivity index (χ3n) is 4.80. The van der Waals surface area contributed by atoms with Crippen LogP contribution < -0.4 is 14.8 Å². The summed E-state index contributed by atoms with van der Waals surface area (Å²) >= 11 is 5.83. The highest BCUT2D eigenvalue weighted by Gasteiger charge is 2.26. The second-order valence-corrected chi connectivity index (χ2v) is 7.15. The molecule has 4 rings (SSSR count). The number of carbonyl (C=O) groups is 2. The molecule has 1 saturated heterocycles. The molecule has 7 nitrogen and oxygen atoms in total. The first-order valence-corrected chi connectivity index (χ1v) is 9.43. The zero-order valence-corrected chi connectivity index (χ0v) is 15.9. The smallest absolute Gasteiger partial charge is 0.313 e. The van der Waals surface area contributed by atoms with E-state index in [4.69, 9.17) is 21.1 Å². The molecule has 0 unspecified atom stereocenters. The van der Waals surface area contributed by atoms with E-state index in [1.165, 1.54) is 0 Å². The van der Waals surface area contributed by atoms with Gasteiger partial charge in [-0.15, -0.1) is 0 Å². The van der Waals surface area contributed by atoms with E-state index in [0.29, 0.717) is 36.9 Å². The van der Waals surface area contributed by atoms with Crippen molar-refractivity contribution in [1.29, 1.82) is 0 Å². The van der Waals surface area contributed by atoms with Gasteiger partial charge in [-0.2, -0.15) is 0 Å². The van der Waals surface area contributed by atoms with Crippen LogP contribution in [0.1, 0.15) is 5.56 Å². The molecule has 1 N–H and O–H groups in total. The molecular formula is C20H20ClN3O4. The highest BCUT2D eigenvalue weighted by Crippen LogP contribution is 2.32. The van der Waals surface area contributed by atoms with Gasteiger partial charge >= 0.3 is 11.8 Å². The van der Waals surface area contributed by atoms with Crippen molar-refractivity contribution < 1.29 is 19.1 Å². The van der Waals surface area contributed by atoms with Gasteiger partial charge in [0.25, 0.3) is 0 Å². The fraction of sp³-hybridized carbons (Fsp3) is 0.300. The SMILES string of the molecule is O=C(Nc1ccc(Cl)cc1)C(=O)N1CCN(Cc2ccc3c(c2)OCO3)CC1. The number of nitrogens with zero attached hydrogens (tertiary/aromatic N) is 2. The van der Waals surface area contributed by atoms with Gasteiger partial charge in [-0.25, -0.2) is 0 Å². The van der Waals surface area contributed by atoms with Crippen molar-refractivity contribution in [2.24, 2.45) is 0 Å². The second-order valence-electron chi connectivity index (χ2n) is 6.72. The Morgan fingerprint density at radius 3 is 2.43 bits per heavy atom. The maximum absolute atomic E-state index is 12.4. The predicted octanol–water partition coefficient (Wildman–Crippen LogP) is 2.35. The normalized spacial score (nSPS) is 16.1. The number of fused-ring (bicyclic) bond motifs is 1. The molecule has 2 heterocycles. The highest BCUT2D eigenvalue weighted by molar-refractivity contribution is 6.39. The standard InChI is InChI=1S/C20H20ClN3O4/c21-15-2-4-16(5-3-15)22-19(25)20(26)24-9-7-23(8-10-24)12-14-1-6-17-18(11-14)28-13-27-17/h1-6,11H,7-10,12-13H2,(H,22,25). The first-order valence-electron chi connectivity index (χ1n) is 9.05. The Kier molecular flexibility index (Phi) is 5.36. The van der Waals surface area contributed by atoms with E-state index in [1.54, 1.807) is 29.2 Å². The summed E-state index contributed by atoms with van der Waals surface area (Å²) in [5.74, 6) is 0.389. The van der Waals surface area contributed by atoms with E-state index >= 15 is 0 Å². The van der Waals surface area contributed by atoms with E-state index < -0.39 is 11.8 Å². The zero-order chi connectivity index (χ0) is 19.5. The molecule has 1 fully saturated rings. The van der Waals surface area contributed by atoms with Crippen LogP contribution in [0.3, 0.4) is 0 Å². The van der Waals surface area contributed by atoms with Gasteiger partial charge < -0.3 is 19.7 Å². The molecule has 0 radical (unpaired) electrons. The van der Waals surface area contributed by atoms with Crippen molar-refractivity contribution in [1.82, 2.24) is 9.80 Å². The van der Waals surface area contributed by atoms with Gasteiger partial charge in [0.2, 0.25) is 6.79 Å². The molecule has 2 aliphatic heterocycles. The third-order valence-corrected chi connectivity index (χ3v) is 5.05. The number of hydrogen-bond acceptors (Lipinski definition) is 5. The predicted molar refractivity (Wildman–Crippen MR) is 105 cm³/mol. The largest absolute Gasteiger partial charge is 0.454 e. The number of anilines is 1. The summed E-state index contributed by atoms with van der Waals surface area (Å²) in [7, 11) is 0. The Morgan fingerprint density at radius 2 is 1.68 bits per heavy atom. The summed E-state index contributed by atoms with van der Waals surface area (Å²) in [6.07, 6.45) is 0. The molecule has 8 heteroatoms. The molecule has 2 aromatic rings. The fourth-order valence-electron chi connectivity index (χ4n) is 3.27. The van der Waals surface area contributed by atoms with Crippen LogP contribution in [-0.4, -0.2) is 54.6 Å². The van der Waals surface area contributed by atoms with E-state index in [9.17, 15) is 9.59 Å². The number of hydrogen-bond donors (Lipinski definition) is 1. The van der Waals surface area contributed by atoms with Gasteiger partial charge in [0, 0.05) is 43.4 Å². The zero-order valence-electron chi connectivity index (χ0n) is 15.2. The average molecular weight is 402 g/mol. The van der Waals surface area contributed by atoms with Gasteiger partial charge in [0.15, 0.2) is 11.5 Å². The topological polar surface area (TPSA) is 71.1 Å². The van der Waals surface area contributed by atoms with Crippen molar-refractivity contribution in [3.63, 3.8) is 0 Å². The number of rotatable bonds is 3. The maximum Gasteiger partial charge on any atom is 0.313 e. The summed E-state index contributed by atoms with van der Waals surface area (Å²) in [5, 5.41) is 3.19.